The maximum atomic E-state index is 12.7. The van der Waals surface area contributed by atoms with Gasteiger partial charge in [0, 0.05) is 34.3 Å². The molecule has 0 unspecified atom stereocenters. The Balaban J connectivity index is 2.15. The number of aromatic amines is 1. The Morgan fingerprint density at radius 1 is 1.14 bits per heavy atom. The lowest BCUT2D eigenvalue weighted by atomic mass is 10.00. The van der Waals surface area contributed by atoms with Crippen LogP contribution in [0.15, 0.2) is 48.5 Å². The van der Waals surface area contributed by atoms with Crippen molar-refractivity contribution in [3.63, 3.8) is 0 Å². The fraction of sp³-hybridized carbons (Fsp3) is 0.0625. The Morgan fingerprint density at radius 3 is 2.67 bits per heavy atom. The molecule has 5 heteroatoms. The minimum absolute atomic E-state index is 0.0849. The van der Waals surface area contributed by atoms with Crippen LogP contribution in [0.1, 0.15) is 21.6 Å². The molecule has 0 aliphatic heterocycles. The summed E-state index contributed by atoms with van der Waals surface area (Å²) >= 11 is 0. The quantitative estimate of drug-likeness (QED) is 0.452. The van der Waals surface area contributed by atoms with Gasteiger partial charge in [0.1, 0.15) is 0 Å². The minimum Gasteiger partial charge on any atom is -0.358 e. The molecule has 0 fully saturated rings. The first-order valence-corrected chi connectivity index (χ1v) is 6.44. The number of para-hydroxylation sites is 1. The van der Waals surface area contributed by atoms with Gasteiger partial charge in [0.15, 0.2) is 5.78 Å². The number of hydrogen-bond donors (Lipinski definition) is 1. The average molecular weight is 280 g/mol. The zero-order valence-corrected chi connectivity index (χ0v) is 11.3. The summed E-state index contributed by atoms with van der Waals surface area (Å²) in [7, 11) is 0. The summed E-state index contributed by atoms with van der Waals surface area (Å²) in [6.45, 7) is 1.82. The zero-order valence-electron chi connectivity index (χ0n) is 11.3. The van der Waals surface area contributed by atoms with Gasteiger partial charge in [0.2, 0.25) is 0 Å². The van der Waals surface area contributed by atoms with Gasteiger partial charge < -0.3 is 4.98 Å². The van der Waals surface area contributed by atoms with Crippen LogP contribution in [0.5, 0.6) is 0 Å². The van der Waals surface area contributed by atoms with Gasteiger partial charge >= 0.3 is 0 Å². The molecular formula is C16H12N2O3. The van der Waals surface area contributed by atoms with Crippen LogP contribution < -0.4 is 0 Å². The topological polar surface area (TPSA) is 76.0 Å². The number of H-pyrrole nitrogens is 1. The van der Waals surface area contributed by atoms with Crippen molar-refractivity contribution in [1.29, 1.82) is 0 Å². The van der Waals surface area contributed by atoms with Gasteiger partial charge in [-0.1, -0.05) is 30.3 Å². The fourth-order valence-corrected chi connectivity index (χ4v) is 2.47. The Morgan fingerprint density at radius 2 is 1.90 bits per heavy atom. The largest absolute Gasteiger partial charge is 0.358 e. The van der Waals surface area contributed by atoms with Crippen LogP contribution in [0.25, 0.3) is 10.9 Å². The molecule has 21 heavy (non-hydrogen) atoms. The molecule has 0 amide bonds. The van der Waals surface area contributed by atoms with Crippen LogP contribution in [0.3, 0.4) is 0 Å². The number of hydrogen-bond acceptors (Lipinski definition) is 3. The van der Waals surface area contributed by atoms with Crippen molar-refractivity contribution >= 4 is 22.4 Å². The van der Waals surface area contributed by atoms with Crippen molar-refractivity contribution in [3.8, 4) is 0 Å². The van der Waals surface area contributed by atoms with Crippen LogP contribution in [0.4, 0.5) is 5.69 Å². The second kappa shape index (κ2) is 4.86. The lowest BCUT2D eigenvalue weighted by molar-refractivity contribution is -0.384. The molecule has 0 spiro atoms. The average Bonchev–Trinajstić information content (AvgIpc) is 2.82. The van der Waals surface area contributed by atoms with Crippen molar-refractivity contribution in [2.24, 2.45) is 0 Å². The third kappa shape index (κ3) is 2.18. The first-order chi connectivity index (χ1) is 10.1. The van der Waals surface area contributed by atoms with Crippen molar-refractivity contribution < 1.29 is 9.72 Å². The standard InChI is InChI=1S/C16H12N2O3/c1-10-15(13-7-2-3-8-14(13)17-10)16(19)11-5-4-6-12(9-11)18(20)21/h2-9,17H,1H3. The van der Waals surface area contributed by atoms with Gasteiger partial charge in [0.05, 0.1) is 10.5 Å². The highest BCUT2D eigenvalue weighted by Gasteiger charge is 2.19. The molecule has 3 rings (SSSR count). The van der Waals surface area contributed by atoms with Gasteiger partial charge in [-0.25, -0.2) is 0 Å². The van der Waals surface area contributed by atoms with E-state index >= 15 is 0 Å². The van der Waals surface area contributed by atoms with E-state index in [9.17, 15) is 14.9 Å². The number of carbonyl (C=O) groups is 1. The second-order valence-electron chi connectivity index (χ2n) is 4.81. The number of nitro benzene ring substituents is 1. The molecule has 0 saturated carbocycles. The van der Waals surface area contributed by atoms with E-state index in [1.165, 1.54) is 18.2 Å². The summed E-state index contributed by atoms with van der Waals surface area (Å²) in [5.41, 5.74) is 2.43. The lowest BCUT2D eigenvalue weighted by Gasteiger charge is -2.01. The van der Waals surface area contributed by atoms with E-state index in [1.807, 2.05) is 31.2 Å². The SMILES string of the molecule is Cc1[nH]c2ccccc2c1C(=O)c1cccc([N+](=O)[O-])c1. The van der Waals surface area contributed by atoms with Crippen LogP contribution in [0, 0.1) is 17.0 Å². The lowest BCUT2D eigenvalue weighted by Crippen LogP contribution is -2.03. The van der Waals surface area contributed by atoms with Crippen molar-refractivity contribution in [2.45, 2.75) is 6.92 Å². The minimum atomic E-state index is -0.501. The van der Waals surface area contributed by atoms with E-state index in [2.05, 4.69) is 4.98 Å². The highest BCUT2D eigenvalue weighted by Crippen LogP contribution is 2.25. The molecule has 2 aromatic carbocycles. The number of nitrogens with one attached hydrogen (secondary N) is 1. The van der Waals surface area contributed by atoms with Gasteiger partial charge in [-0.2, -0.15) is 0 Å². The maximum Gasteiger partial charge on any atom is 0.270 e. The summed E-state index contributed by atoms with van der Waals surface area (Å²) in [6, 6.07) is 13.3. The van der Waals surface area contributed by atoms with Crippen LogP contribution in [-0.2, 0) is 0 Å². The van der Waals surface area contributed by atoms with Gasteiger partial charge in [-0.15, -0.1) is 0 Å². The van der Waals surface area contributed by atoms with Crippen molar-refractivity contribution in [1.82, 2.24) is 4.98 Å². The molecular weight excluding hydrogens is 268 g/mol. The number of aryl methyl sites for hydroxylation is 1. The number of ketones is 1. The molecule has 0 aliphatic carbocycles. The summed E-state index contributed by atoms with van der Waals surface area (Å²) in [4.78, 5) is 26.2. The smallest absolute Gasteiger partial charge is 0.270 e. The van der Waals surface area contributed by atoms with Crippen LogP contribution in [-0.4, -0.2) is 15.7 Å². The van der Waals surface area contributed by atoms with Crippen molar-refractivity contribution in [3.05, 3.63) is 75.5 Å². The predicted octanol–water partition coefficient (Wildman–Crippen LogP) is 3.62. The number of benzene rings is 2. The van der Waals surface area contributed by atoms with E-state index in [0.29, 0.717) is 11.1 Å². The van der Waals surface area contributed by atoms with Crippen LogP contribution in [0.2, 0.25) is 0 Å². The van der Waals surface area contributed by atoms with E-state index in [1.54, 1.807) is 6.07 Å². The van der Waals surface area contributed by atoms with Gasteiger partial charge in [0.25, 0.3) is 5.69 Å². The molecule has 5 nitrogen and oxygen atoms in total. The predicted molar refractivity (Wildman–Crippen MR) is 79.6 cm³/mol. The Bertz CT molecular complexity index is 865. The molecule has 0 aliphatic rings. The highest BCUT2D eigenvalue weighted by molar-refractivity contribution is 6.17. The molecule has 0 saturated heterocycles. The molecule has 104 valence electrons. The zero-order chi connectivity index (χ0) is 15.0. The molecule has 3 aromatic rings. The number of nitrogens with zero attached hydrogens (tertiary/aromatic N) is 1. The number of non-ortho nitro benzene ring substituents is 1. The third-order valence-corrected chi connectivity index (χ3v) is 3.44. The normalized spacial score (nSPS) is 10.7. The van der Waals surface area contributed by atoms with Crippen LogP contribution >= 0.6 is 0 Å². The van der Waals surface area contributed by atoms with E-state index in [0.717, 1.165) is 16.6 Å². The maximum absolute atomic E-state index is 12.7. The van der Waals surface area contributed by atoms with E-state index < -0.39 is 4.92 Å². The molecule has 1 N–H and O–H groups in total. The second-order valence-corrected chi connectivity index (χ2v) is 4.81. The number of rotatable bonds is 3. The molecule has 0 bridgehead atoms. The summed E-state index contributed by atoms with van der Waals surface area (Å²) in [5.74, 6) is -0.214. The number of fused-ring (bicyclic) bond motifs is 1. The van der Waals surface area contributed by atoms with Gasteiger partial charge in [-0.05, 0) is 13.0 Å². The number of aromatic nitrogens is 1. The molecule has 1 aromatic heterocycles. The van der Waals surface area contributed by atoms with E-state index in [-0.39, 0.29) is 11.5 Å². The molecule has 1 heterocycles. The highest BCUT2D eigenvalue weighted by atomic mass is 16.6. The summed E-state index contributed by atoms with van der Waals surface area (Å²) in [6.07, 6.45) is 0. The third-order valence-electron chi connectivity index (χ3n) is 3.44. The Hall–Kier alpha value is -2.95. The number of carbonyl (C=O) groups excluding carboxylic acids is 1. The molecule has 0 radical (unpaired) electrons. The Labute approximate surface area is 120 Å². The summed E-state index contributed by atoms with van der Waals surface area (Å²) < 4.78 is 0. The first kappa shape index (κ1) is 13.1. The van der Waals surface area contributed by atoms with E-state index in [4.69, 9.17) is 0 Å². The monoisotopic (exact) mass is 280 g/mol. The number of nitro groups is 1. The Kier molecular flexibility index (Phi) is 3.02. The molecule has 0 atom stereocenters. The fourth-order valence-electron chi connectivity index (χ4n) is 2.47. The first-order valence-electron chi connectivity index (χ1n) is 6.44. The van der Waals surface area contributed by atoms with Crippen molar-refractivity contribution in [2.75, 3.05) is 0 Å². The van der Waals surface area contributed by atoms with Gasteiger partial charge in [-0.3, -0.25) is 14.9 Å². The summed E-state index contributed by atoms with van der Waals surface area (Å²) in [5, 5.41) is 11.7.